The second-order valence-electron chi connectivity index (χ2n) is 1.36. The molecule has 1 aromatic rings. The minimum absolute atomic E-state index is 0.108. The van der Waals surface area contributed by atoms with E-state index in [9.17, 15) is 4.39 Å². The lowest BCUT2D eigenvalue weighted by Gasteiger charge is -1.91. The van der Waals surface area contributed by atoms with Crippen molar-refractivity contribution in [2.45, 2.75) is 6.67 Å². The zero-order chi connectivity index (χ0) is 9.30. The normalized spacial score (nSPS) is 14.2. The van der Waals surface area contributed by atoms with E-state index in [0.717, 1.165) is 0 Å². The Labute approximate surface area is 65.3 Å². The zero-order valence-electron chi connectivity index (χ0n) is 7.41. The molecule has 1 nitrogen and oxygen atoms in total. The van der Waals surface area contributed by atoms with Gasteiger partial charge in [-0.1, -0.05) is 6.04 Å². The van der Waals surface area contributed by atoms with Gasteiger partial charge in [-0.05, 0) is 28.0 Å². The molecule has 1 aromatic heterocycles. The maximum atomic E-state index is 12.1. The molecule has 0 aliphatic carbocycles. The first-order valence-electron chi connectivity index (χ1n) is 3.76. The van der Waals surface area contributed by atoms with Crippen LogP contribution in [0.3, 0.4) is 0 Å². The predicted octanol–water partition coefficient (Wildman–Crippen LogP) is 2.31. The number of rotatable bonds is 1. The van der Waals surface area contributed by atoms with Crippen LogP contribution in [-0.2, 0) is 6.67 Å². The second kappa shape index (κ2) is 2.92. The average molecular weight is 193 g/mol. The fraction of sp³-hybridized carbons (Fsp3) is 0.167. The summed E-state index contributed by atoms with van der Waals surface area (Å²) in [6.45, 7) is -0.885. The van der Waals surface area contributed by atoms with Gasteiger partial charge in [-0.15, -0.1) is 0 Å². The molecule has 1 heterocycles. The highest BCUT2D eigenvalue weighted by Crippen LogP contribution is 2.06. The van der Waals surface area contributed by atoms with Crippen LogP contribution in [0.5, 0.6) is 0 Å². The van der Waals surface area contributed by atoms with E-state index < -0.39 is 6.67 Å². The Hall–Kier alpha value is -0.440. The summed E-state index contributed by atoms with van der Waals surface area (Å²) in [7, 11) is 0. The van der Waals surface area contributed by atoms with Gasteiger partial charge >= 0.3 is 0 Å². The van der Waals surface area contributed by atoms with Crippen molar-refractivity contribution in [2.24, 2.45) is 0 Å². The van der Waals surface area contributed by atoms with E-state index in [2.05, 4.69) is 20.9 Å². The van der Waals surface area contributed by atoms with Crippen molar-refractivity contribution in [1.82, 2.24) is 4.98 Å². The Morgan fingerprint density at radius 3 is 3.22 bits per heavy atom. The maximum absolute atomic E-state index is 12.1. The Kier molecular flexibility index (Phi) is 1.19. The van der Waals surface area contributed by atoms with Gasteiger partial charge in [-0.3, -0.25) is 0 Å². The molecule has 9 heavy (non-hydrogen) atoms. The van der Waals surface area contributed by atoms with Gasteiger partial charge < -0.3 is 0 Å². The van der Waals surface area contributed by atoms with Crippen molar-refractivity contribution in [3.05, 3.63) is 28.4 Å². The summed E-state index contributed by atoms with van der Waals surface area (Å²) >= 11 is 2.90. The predicted molar refractivity (Wildman–Crippen MR) is 36.7 cm³/mol. The summed E-state index contributed by atoms with van der Waals surface area (Å²) < 4.78 is 33.9. The molecule has 0 aliphatic rings. The van der Waals surface area contributed by atoms with Crippen LogP contribution < -0.4 is 0 Å². The number of hydrogen-bond acceptors (Lipinski definition) is 1. The molecule has 0 aromatic carbocycles. The monoisotopic (exact) mass is 192 g/mol. The standard InChI is InChI=1S/C6H5BrFN/c7-6-3-1-2-5(4-8)9-6/h1-3H,4H2/i1D,2D,3D. The number of pyridine rings is 1. The van der Waals surface area contributed by atoms with E-state index in [4.69, 9.17) is 4.11 Å². The number of nitrogens with zero attached hydrogens (tertiary/aromatic N) is 1. The number of hydrogen-bond donors (Lipinski definition) is 0. The Balaban J connectivity index is 3.39. The molecule has 0 amide bonds. The zero-order valence-corrected chi connectivity index (χ0v) is 6.00. The first-order valence-corrected chi connectivity index (χ1v) is 3.05. The van der Waals surface area contributed by atoms with Crippen LogP contribution in [0.25, 0.3) is 0 Å². The topological polar surface area (TPSA) is 12.9 Å². The minimum Gasteiger partial charge on any atom is -0.244 e. The molecule has 48 valence electrons. The second-order valence-corrected chi connectivity index (χ2v) is 2.11. The third-order valence-corrected chi connectivity index (χ3v) is 1.11. The lowest BCUT2D eigenvalue weighted by atomic mass is 10.4. The van der Waals surface area contributed by atoms with E-state index in [1.807, 2.05) is 0 Å². The molecule has 1 rings (SSSR count). The summed E-state index contributed by atoms with van der Waals surface area (Å²) in [5.74, 6) is 0. The Morgan fingerprint density at radius 2 is 2.56 bits per heavy atom. The summed E-state index contributed by atoms with van der Waals surface area (Å²) in [5.41, 5.74) is -0.108. The van der Waals surface area contributed by atoms with Crippen molar-refractivity contribution in [2.75, 3.05) is 0 Å². The third kappa shape index (κ3) is 1.75. The van der Waals surface area contributed by atoms with Gasteiger partial charge in [-0.2, -0.15) is 0 Å². The molecule has 0 fully saturated rings. The van der Waals surface area contributed by atoms with Crippen molar-refractivity contribution in [1.29, 1.82) is 0 Å². The van der Waals surface area contributed by atoms with Crippen LogP contribution in [-0.4, -0.2) is 4.98 Å². The largest absolute Gasteiger partial charge is 0.244 e. The molecule has 0 aliphatic heterocycles. The molecule has 0 atom stereocenters. The van der Waals surface area contributed by atoms with Gasteiger partial charge in [-0.25, -0.2) is 9.37 Å². The van der Waals surface area contributed by atoms with Gasteiger partial charge in [0.1, 0.15) is 11.3 Å². The van der Waals surface area contributed by atoms with Crippen molar-refractivity contribution in [3.8, 4) is 0 Å². The summed E-state index contributed by atoms with van der Waals surface area (Å²) in [5, 5.41) is 0. The van der Waals surface area contributed by atoms with E-state index in [-0.39, 0.29) is 28.4 Å². The first-order chi connectivity index (χ1) is 5.57. The van der Waals surface area contributed by atoms with Crippen LogP contribution in [0.2, 0.25) is 0 Å². The fourth-order valence-electron chi connectivity index (χ4n) is 0.393. The molecule has 0 N–H and O–H groups in total. The molecule has 0 radical (unpaired) electrons. The Morgan fingerprint density at radius 1 is 1.78 bits per heavy atom. The number of halogens is 2. The van der Waals surface area contributed by atoms with E-state index in [1.165, 1.54) is 0 Å². The number of alkyl halides is 1. The van der Waals surface area contributed by atoms with Gasteiger partial charge in [0.05, 0.1) is 9.81 Å². The molecule has 0 saturated carbocycles. The smallest absolute Gasteiger partial charge is 0.131 e. The van der Waals surface area contributed by atoms with Crippen molar-refractivity contribution < 1.29 is 8.50 Å². The number of aromatic nitrogens is 1. The van der Waals surface area contributed by atoms with E-state index in [0.29, 0.717) is 0 Å². The van der Waals surface area contributed by atoms with Crippen molar-refractivity contribution >= 4 is 15.9 Å². The summed E-state index contributed by atoms with van der Waals surface area (Å²) in [6.07, 6.45) is 0. The SMILES string of the molecule is [2H]c1c(Br)nc(CF)c([2H])c1[2H]. The van der Waals surface area contributed by atoms with Gasteiger partial charge in [0.15, 0.2) is 0 Å². The summed E-state index contributed by atoms with van der Waals surface area (Å²) in [6, 6.07) is -0.799. The third-order valence-electron chi connectivity index (χ3n) is 0.732. The van der Waals surface area contributed by atoms with Crippen LogP contribution in [0.1, 0.15) is 9.81 Å². The van der Waals surface area contributed by atoms with Crippen LogP contribution in [0, 0.1) is 0 Å². The molecule has 0 bridgehead atoms. The van der Waals surface area contributed by atoms with Crippen LogP contribution in [0.4, 0.5) is 4.39 Å². The van der Waals surface area contributed by atoms with Gasteiger partial charge in [0, 0.05) is 0 Å². The molecule has 0 unspecified atom stereocenters. The highest BCUT2D eigenvalue weighted by molar-refractivity contribution is 9.10. The van der Waals surface area contributed by atoms with Gasteiger partial charge in [0.25, 0.3) is 0 Å². The average Bonchev–Trinajstić information content (AvgIpc) is 2.08. The summed E-state index contributed by atoms with van der Waals surface area (Å²) in [4.78, 5) is 3.60. The van der Waals surface area contributed by atoms with Crippen LogP contribution >= 0.6 is 15.9 Å². The molecular weight excluding hydrogens is 185 g/mol. The fourth-order valence-corrected chi connectivity index (χ4v) is 0.706. The molecule has 0 spiro atoms. The van der Waals surface area contributed by atoms with E-state index in [1.54, 1.807) is 0 Å². The Bertz CT molecular complexity index is 318. The van der Waals surface area contributed by atoms with Crippen molar-refractivity contribution in [3.63, 3.8) is 0 Å². The van der Waals surface area contributed by atoms with Gasteiger partial charge in [0.2, 0.25) is 0 Å². The highest BCUT2D eigenvalue weighted by atomic mass is 79.9. The lowest BCUT2D eigenvalue weighted by molar-refractivity contribution is 0.475. The highest BCUT2D eigenvalue weighted by Gasteiger charge is 1.91. The minimum atomic E-state index is -0.885. The first kappa shape index (κ1) is 3.66. The van der Waals surface area contributed by atoms with E-state index >= 15 is 0 Å². The molecule has 3 heteroatoms. The quantitative estimate of drug-likeness (QED) is 0.623. The molecular formula is C6H5BrFN. The lowest BCUT2D eigenvalue weighted by Crippen LogP contribution is -1.83. The van der Waals surface area contributed by atoms with Crippen LogP contribution in [0.15, 0.2) is 22.7 Å². The maximum Gasteiger partial charge on any atom is 0.131 e. The molecule has 0 saturated heterocycles.